The van der Waals surface area contributed by atoms with Crippen LogP contribution in [0.2, 0.25) is 0 Å². The van der Waals surface area contributed by atoms with Gasteiger partial charge >= 0.3 is 0 Å². The van der Waals surface area contributed by atoms with Crippen LogP contribution in [0.4, 0.5) is 5.82 Å². The monoisotopic (exact) mass is 235 g/mol. The Balaban J connectivity index is 2.14. The summed E-state index contributed by atoms with van der Waals surface area (Å²) in [5, 5.41) is 0. The van der Waals surface area contributed by atoms with E-state index in [9.17, 15) is 4.79 Å². The number of pyridine rings is 1. The molecular formula is C12H17N3O2. The number of nitrogen functional groups attached to an aromatic ring is 1. The van der Waals surface area contributed by atoms with Crippen molar-refractivity contribution < 1.29 is 9.53 Å². The average molecular weight is 235 g/mol. The lowest BCUT2D eigenvalue weighted by molar-refractivity contribution is -0.0587. The number of amides is 1. The van der Waals surface area contributed by atoms with Gasteiger partial charge in [0.1, 0.15) is 11.5 Å². The molecule has 2 heterocycles. The maximum atomic E-state index is 12.2. The SMILES string of the molecule is C[C@H]1CN(C(=O)c2cccc(N)n2)C[C@H](C)O1. The largest absolute Gasteiger partial charge is 0.384 e. The van der Waals surface area contributed by atoms with Crippen molar-refractivity contribution in [1.82, 2.24) is 9.88 Å². The van der Waals surface area contributed by atoms with E-state index in [1.54, 1.807) is 23.1 Å². The van der Waals surface area contributed by atoms with E-state index in [1.807, 2.05) is 13.8 Å². The molecule has 17 heavy (non-hydrogen) atoms. The third kappa shape index (κ3) is 2.74. The number of ether oxygens (including phenoxy) is 1. The quantitative estimate of drug-likeness (QED) is 0.785. The third-order valence-electron chi connectivity index (χ3n) is 2.70. The minimum atomic E-state index is -0.0840. The van der Waals surface area contributed by atoms with Crippen molar-refractivity contribution in [2.24, 2.45) is 0 Å². The van der Waals surface area contributed by atoms with E-state index in [0.29, 0.717) is 24.6 Å². The summed E-state index contributed by atoms with van der Waals surface area (Å²) >= 11 is 0. The lowest BCUT2D eigenvalue weighted by atomic mass is 10.2. The van der Waals surface area contributed by atoms with Gasteiger partial charge in [-0.2, -0.15) is 0 Å². The number of nitrogens with zero attached hydrogens (tertiary/aromatic N) is 2. The summed E-state index contributed by atoms with van der Waals surface area (Å²) in [6.07, 6.45) is 0.118. The number of aromatic nitrogens is 1. The molecule has 5 heteroatoms. The fourth-order valence-electron chi connectivity index (χ4n) is 2.08. The number of rotatable bonds is 1. The van der Waals surface area contributed by atoms with Gasteiger partial charge in [-0.15, -0.1) is 0 Å². The normalized spacial score (nSPS) is 24.7. The maximum absolute atomic E-state index is 12.2. The predicted octanol–water partition coefficient (Wildman–Crippen LogP) is 0.913. The highest BCUT2D eigenvalue weighted by molar-refractivity contribution is 5.92. The maximum Gasteiger partial charge on any atom is 0.272 e. The fraction of sp³-hybridized carbons (Fsp3) is 0.500. The van der Waals surface area contributed by atoms with Crippen molar-refractivity contribution in [3.05, 3.63) is 23.9 Å². The third-order valence-corrected chi connectivity index (χ3v) is 2.70. The second-order valence-corrected chi connectivity index (χ2v) is 4.42. The molecule has 1 amide bonds. The van der Waals surface area contributed by atoms with E-state index in [4.69, 9.17) is 10.5 Å². The Kier molecular flexibility index (Phi) is 3.28. The van der Waals surface area contributed by atoms with Gasteiger partial charge in [0.05, 0.1) is 12.2 Å². The van der Waals surface area contributed by atoms with E-state index in [-0.39, 0.29) is 18.1 Å². The van der Waals surface area contributed by atoms with Crippen LogP contribution in [0, 0.1) is 0 Å². The van der Waals surface area contributed by atoms with Gasteiger partial charge in [-0.25, -0.2) is 4.98 Å². The van der Waals surface area contributed by atoms with Crippen molar-refractivity contribution >= 4 is 11.7 Å². The van der Waals surface area contributed by atoms with E-state index < -0.39 is 0 Å². The summed E-state index contributed by atoms with van der Waals surface area (Å²) in [5.74, 6) is 0.282. The Labute approximate surface area is 101 Å². The van der Waals surface area contributed by atoms with E-state index in [0.717, 1.165) is 0 Å². The van der Waals surface area contributed by atoms with Crippen LogP contribution in [0.5, 0.6) is 0 Å². The first-order valence-electron chi connectivity index (χ1n) is 5.73. The smallest absolute Gasteiger partial charge is 0.272 e. The number of carbonyl (C=O) groups excluding carboxylic acids is 1. The predicted molar refractivity (Wildman–Crippen MR) is 64.6 cm³/mol. The van der Waals surface area contributed by atoms with Gasteiger partial charge in [0.2, 0.25) is 0 Å². The number of hydrogen-bond acceptors (Lipinski definition) is 4. The summed E-state index contributed by atoms with van der Waals surface area (Å²) in [5.41, 5.74) is 5.97. The second-order valence-electron chi connectivity index (χ2n) is 4.42. The van der Waals surface area contributed by atoms with Gasteiger partial charge in [0, 0.05) is 13.1 Å². The number of carbonyl (C=O) groups is 1. The lowest BCUT2D eigenvalue weighted by Crippen LogP contribution is -2.48. The molecule has 0 aromatic carbocycles. The minimum absolute atomic E-state index is 0.0590. The van der Waals surface area contributed by atoms with Crippen LogP contribution >= 0.6 is 0 Å². The first-order valence-corrected chi connectivity index (χ1v) is 5.73. The van der Waals surface area contributed by atoms with E-state index in [1.165, 1.54) is 0 Å². The van der Waals surface area contributed by atoms with Crippen LogP contribution < -0.4 is 5.73 Å². The summed E-state index contributed by atoms with van der Waals surface area (Å²) < 4.78 is 5.59. The molecule has 0 bridgehead atoms. The molecule has 1 aliphatic rings. The number of hydrogen-bond donors (Lipinski definition) is 1. The van der Waals surface area contributed by atoms with Crippen LogP contribution in [-0.2, 0) is 4.74 Å². The highest BCUT2D eigenvalue weighted by Crippen LogP contribution is 2.13. The molecule has 5 nitrogen and oxygen atoms in total. The van der Waals surface area contributed by atoms with Gasteiger partial charge in [0.25, 0.3) is 5.91 Å². The lowest BCUT2D eigenvalue weighted by Gasteiger charge is -2.35. The van der Waals surface area contributed by atoms with Gasteiger partial charge in [0.15, 0.2) is 0 Å². The Morgan fingerprint density at radius 1 is 1.41 bits per heavy atom. The molecular weight excluding hydrogens is 218 g/mol. The molecule has 1 aliphatic heterocycles. The Morgan fingerprint density at radius 3 is 2.65 bits per heavy atom. The first-order chi connectivity index (χ1) is 8.06. The van der Waals surface area contributed by atoms with Gasteiger partial charge in [-0.1, -0.05) is 6.07 Å². The van der Waals surface area contributed by atoms with Crippen LogP contribution in [0.1, 0.15) is 24.3 Å². The van der Waals surface area contributed by atoms with Crippen molar-refractivity contribution in [3.63, 3.8) is 0 Å². The van der Waals surface area contributed by atoms with Gasteiger partial charge in [-0.05, 0) is 26.0 Å². The molecule has 0 spiro atoms. The molecule has 2 N–H and O–H groups in total. The van der Waals surface area contributed by atoms with Crippen LogP contribution in [0.3, 0.4) is 0 Å². The average Bonchev–Trinajstić information content (AvgIpc) is 2.26. The van der Waals surface area contributed by atoms with Crippen LogP contribution in [0.25, 0.3) is 0 Å². The molecule has 1 aromatic rings. The molecule has 1 saturated heterocycles. The summed E-state index contributed by atoms with van der Waals surface area (Å²) in [6.45, 7) is 5.12. The molecule has 92 valence electrons. The van der Waals surface area contributed by atoms with E-state index in [2.05, 4.69) is 4.98 Å². The second kappa shape index (κ2) is 4.71. The molecule has 0 radical (unpaired) electrons. The van der Waals surface area contributed by atoms with Crippen LogP contribution in [0.15, 0.2) is 18.2 Å². The standard InChI is InChI=1S/C12H17N3O2/c1-8-6-15(7-9(2)17-8)12(16)10-4-3-5-11(13)14-10/h3-5,8-9H,6-7H2,1-2H3,(H2,13,14)/t8-,9-/m0/s1. The van der Waals surface area contributed by atoms with Crippen molar-refractivity contribution in [2.75, 3.05) is 18.8 Å². The Morgan fingerprint density at radius 2 is 2.06 bits per heavy atom. The van der Waals surface area contributed by atoms with Gasteiger partial charge in [-0.3, -0.25) is 4.79 Å². The Hall–Kier alpha value is -1.62. The zero-order chi connectivity index (χ0) is 12.4. The van der Waals surface area contributed by atoms with Crippen molar-refractivity contribution in [3.8, 4) is 0 Å². The van der Waals surface area contributed by atoms with Crippen molar-refractivity contribution in [2.45, 2.75) is 26.1 Å². The fourth-order valence-corrected chi connectivity index (χ4v) is 2.08. The molecule has 1 aromatic heterocycles. The van der Waals surface area contributed by atoms with Crippen molar-refractivity contribution in [1.29, 1.82) is 0 Å². The summed E-state index contributed by atoms with van der Waals surface area (Å²) in [6, 6.07) is 5.09. The van der Waals surface area contributed by atoms with Crippen LogP contribution in [-0.4, -0.2) is 41.1 Å². The number of morpholine rings is 1. The van der Waals surface area contributed by atoms with Gasteiger partial charge < -0.3 is 15.4 Å². The minimum Gasteiger partial charge on any atom is -0.384 e. The molecule has 0 unspecified atom stereocenters. The molecule has 2 rings (SSSR count). The highest BCUT2D eigenvalue weighted by Gasteiger charge is 2.27. The Bertz CT molecular complexity index is 412. The first kappa shape index (κ1) is 11.9. The summed E-state index contributed by atoms with van der Waals surface area (Å²) in [7, 11) is 0. The summed E-state index contributed by atoms with van der Waals surface area (Å²) in [4.78, 5) is 18.0. The molecule has 0 saturated carbocycles. The zero-order valence-electron chi connectivity index (χ0n) is 10.1. The number of anilines is 1. The molecule has 0 aliphatic carbocycles. The number of nitrogens with two attached hydrogens (primary N) is 1. The molecule has 1 fully saturated rings. The topological polar surface area (TPSA) is 68.5 Å². The molecule has 2 atom stereocenters. The van der Waals surface area contributed by atoms with E-state index >= 15 is 0 Å². The highest BCUT2D eigenvalue weighted by atomic mass is 16.5. The zero-order valence-corrected chi connectivity index (χ0v) is 10.1.